The van der Waals surface area contributed by atoms with E-state index in [2.05, 4.69) is 66.8 Å². The summed E-state index contributed by atoms with van der Waals surface area (Å²) in [7, 11) is 0. The summed E-state index contributed by atoms with van der Waals surface area (Å²) in [6.07, 6.45) is 19.1. The Morgan fingerprint density at radius 1 is 0.950 bits per heavy atom. The Labute approximate surface area is 118 Å². The summed E-state index contributed by atoms with van der Waals surface area (Å²) in [6, 6.07) is 6.71. The summed E-state index contributed by atoms with van der Waals surface area (Å²) in [4.78, 5) is 0. The molecule has 0 aliphatic heterocycles. The van der Waals surface area contributed by atoms with Crippen LogP contribution in [0.5, 0.6) is 0 Å². The fraction of sp³-hybridized carbons (Fsp3) is 0.100. The van der Waals surface area contributed by atoms with Crippen molar-refractivity contribution in [2.45, 2.75) is 6.42 Å². The Hall–Kier alpha value is -2.34. The lowest BCUT2D eigenvalue weighted by Crippen LogP contribution is -2.20. The van der Waals surface area contributed by atoms with E-state index >= 15 is 0 Å². The highest BCUT2D eigenvalue weighted by atomic mass is 14.4. The van der Waals surface area contributed by atoms with E-state index in [1.54, 1.807) is 0 Å². The smallest absolute Gasteiger partial charge is 0.0349 e. The third-order valence-electron chi connectivity index (χ3n) is 4.76. The zero-order valence-corrected chi connectivity index (χ0v) is 11.1. The summed E-state index contributed by atoms with van der Waals surface area (Å²) in [5.41, 5.74) is 10.2. The fourth-order valence-corrected chi connectivity index (χ4v) is 3.97. The van der Waals surface area contributed by atoms with Gasteiger partial charge in [-0.15, -0.1) is 0 Å². The molecule has 0 heterocycles. The van der Waals surface area contributed by atoms with Gasteiger partial charge >= 0.3 is 0 Å². The second kappa shape index (κ2) is 3.61. The molecule has 0 heteroatoms. The zero-order chi connectivity index (χ0) is 13.1. The molecule has 1 aromatic carbocycles. The number of fused-ring (bicyclic) bond motifs is 1. The zero-order valence-electron chi connectivity index (χ0n) is 11.1. The van der Waals surface area contributed by atoms with Gasteiger partial charge in [-0.1, -0.05) is 66.8 Å². The molecule has 0 saturated carbocycles. The van der Waals surface area contributed by atoms with Gasteiger partial charge < -0.3 is 0 Å². The van der Waals surface area contributed by atoms with Crippen LogP contribution in [0.4, 0.5) is 0 Å². The van der Waals surface area contributed by atoms with Crippen LogP contribution in [0.1, 0.15) is 23.1 Å². The van der Waals surface area contributed by atoms with Gasteiger partial charge in [0.1, 0.15) is 0 Å². The van der Waals surface area contributed by atoms with E-state index in [0.29, 0.717) is 5.92 Å². The first-order valence-electron chi connectivity index (χ1n) is 7.23. The Morgan fingerprint density at radius 3 is 2.90 bits per heavy atom. The van der Waals surface area contributed by atoms with Gasteiger partial charge in [-0.05, 0) is 45.4 Å². The van der Waals surface area contributed by atoms with E-state index in [0.717, 1.165) is 6.42 Å². The Kier molecular flexibility index (Phi) is 1.88. The highest BCUT2D eigenvalue weighted by molar-refractivity contribution is 5.97. The van der Waals surface area contributed by atoms with Gasteiger partial charge in [0.2, 0.25) is 0 Å². The van der Waals surface area contributed by atoms with Crippen LogP contribution in [0, 0.1) is 5.92 Å². The van der Waals surface area contributed by atoms with Crippen LogP contribution in [-0.4, -0.2) is 0 Å². The Bertz CT molecular complexity index is 820. The molecule has 1 atom stereocenters. The third kappa shape index (κ3) is 1.17. The normalized spacial score (nSPS) is 24.1. The molecule has 0 aromatic heterocycles. The number of hydrogen-bond donors (Lipinski definition) is 0. The molecule has 0 spiro atoms. The molecule has 0 radical (unpaired) electrons. The molecule has 1 aromatic rings. The summed E-state index contributed by atoms with van der Waals surface area (Å²) in [6.45, 7) is 0. The second-order valence-corrected chi connectivity index (χ2v) is 5.75. The minimum absolute atomic E-state index is 0.453. The van der Waals surface area contributed by atoms with E-state index in [4.69, 9.17) is 0 Å². The van der Waals surface area contributed by atoms with Crippen LogP contribution in [0.15, 0.2) is 71.9 Å². The first-order chi connectivity index (χ1) is 9.93. The van der Waals surface area contributed by atoms with Crippen LogP contribution in [0.3, 0.4) is 0 Å². The number of allylic oxidation sites excluding steroid dienone is 11. The molecule has 0 fully saturated rings. The molecule has 0 amide bonds. The van der Waals surface area contributed by atoms with Gasteiger partial charge in [0.25, 0.3) is 0 Å². The van der Waals surface area contributed by atoms with Gasteiger partial charge in [-0.25, -0.2) is 0 Å². The largest absolute Gasteiger partial charge is 0.0795 e. The van der Waals surface area contributed by atoms with Crippen LogP contribution < -0.4 is 0 Å². The van der Waals surface area contributed by atoms with Crippen LogP contribution in [0.2, 0.25) is 0 Å². The molecule has 94 valence electrons. The van der Waals surface area contributed by atoms with Crippen LogP contribution >= 0.6 is 0 Å². The van der Waals surface area contributed by atoms with Gasteiger partial charge in [-0.3, -0.25) is 0 Å². The van der Waals surface area contributed by atoms with Gasteiger partial charge in [0.05, 0.1) is 0 Å². The Balaban J connectivity index is 1.95. The number of rotatable bonds is 0. The highest BCUT2D eigenvalue weighted by Gasteiger charge is 2.34. The molecule has 0 bridgehead atoms. The fourth-order valence-electron chi connectivity index (χ4n) is 3.97. The van der Waals surface area contributed by atoms with E-state index in [1.807, 2.05) is 0 Å². The van der Waals surface area contributed by atoms with Crippen molar-refractivity contribution in [1.82, 2.24) is 0 Å². The topological polar surface area (TPSA) is 0 Å². The van der Waals surface area contributed by atoms with E-state index in [-0.39, 0.29) is 0 Å². The lowest BCUT2D eigenvalue weighted by Gasteiger charge is -2.37. The molecule has 5 rings (SSSR count). The van der Waals surface area contributed by atoms with Crippen molar-refractivity contribution >= 4 is 17.2 Å². The molecule has 0 saturated heterocycles. The molecular formula is C20H14. The van der Waals surface area contributed by atoms with Crippen molar-refractivity contribution in [3.8, 4) is 0 Å². The molecule has 0 N–H and O–H groups in total. The first-order valence-corrected chi connectivity index (χ1v) is 7.23. The molecule has 4 aliphatic carbocycles. The molecular weight excluding hydrogens is 240 g/mol. The number of benzene rings is 1. The standard InChI is InChI=1S/C20H14/c1-5-13-6-2-11-17-18-12-4-8-14-7-3-10-16(20(14)18)15(9-1)19(13)17/h1-11,19H,12H2. The van der Waals surface area contributed by atoms with Gasteiger partial charge in [-0.2, -0.15) is 0 Å². The lowest BCUT2D eigenvalue weighted by molar-refractivity contribution is 0.935. The SMILES string of the molecule is C1=CC2=CC=CC3=C4CC=Cc5cccc(c54)C(=C1)C23. The average molecular weight is 254 g/mol. The van der Waals surface area contributed by atoms with Crippen molar-refractivity contribution in [2.24, 2.45) is 5.92 Å². The van der Waals surface area contributed by atoms with Gasteiger partial charge in [0.15, 0.2) is 0 Å². The summed E-state index contributed by atoms with van der Waals surface area (Å²) in [5.74, 6) is 0.453. The van der Waals surface area contributed by atoms with Crippen molar-refractivity contribution in [3.05, 3.63) is 88.6 Å². The molecule has 20 heavy (non-hydrogen) atoms. The van der Waals surface area contributed by atoms with Crippen molar-refractivity contribution in [1.29, 1.82) is 0 Å². The van der Waals surface area contributed by atoms with E-state index in [1.165, 1.54) is 39.0 Å². The maximum Gasteiger partial charge on any atom is 0.0349 e. The van der Waals surface area contributed by atoms with Crippen LogP contribution in [-0.2, 0) is 0 Å². The lowest BCUT2D eigenvalue weighted by atomic mass is 9.66. The van der Waals surface area contributed by atoms with E-state index in [9.17, 15) is 0 Å². The van der Waals surface area contributed by atoms with Crippen LogP contribution in [0.25, 0.3) is 17.2 Å². The highest BCUT2D eigenvalue weighted by Crippen LogP contribution is 2.51. The second-order valence-electron chi connectivity index (χ2n) is 5.75. The summed E-state index contributed by atoms with van der Waals surface area (Å²) in [5, 5.41) is 0. The van der Waals surface area contributed by atoms with E-state index < -0.39 is 0 Å². The van der Waals surface area contributed by atoms with Crippen molar-refractivity contribution in [2.75, 3.05) is 0 Å². The van der Waals surface area contributed by atoms with Gasteiger partial charge in [0, 0.05) is 5.92 Å². The average Bonchev–Trinajstić information content (AvgIpc) is 2.52. The predicted molar refractivity (Wildman–Crippen MR) is 84.8 cm³/mol. The van der Waals surface area contributed by atoms with Crippen molar-refractivity contribution in [3.63, 3.8) is 0 Å². The maximum absolute atomic E-state index is 2.31. The molecule has 4 aliphatic rings. The third-order valence-corrected chi connectivity index (χ3v) is 4.76. The minimum Gasteiger partial charge on any atom is -0.0795 e. The minimum atomic E-state index is 0.453. The quantitative estimate of drug-likeness (QED) is 0.615. The number of hydrogen-bond acceptors (Lipinski definition) is 0. The maximum atomic E-state index is 2.31. The monoisotopic (exact) mass is 254 g/mol. The predicted octanol–water partition coefficient (Wildman–Crippen LogP) is 4.94. The first kappa shape index (κ1) is 10.4. The Morgan fingerprint density at radius 2 is 1.90 bits per heavy atom. The molecule has 1 unspecified atom stereocenters. The summed E-state index contributed by atoms with van der Waals surface area (Å²) >= 11 is 0. The summed E-state index contributed by atoms with van der Waals surface area (Å²) < 4.78 is 0. The molecule has 0 nitrogen and oxygen atoms in total. The van der Waals surface area contributed by atoms with Crippen molar-refractivity contribution < 1.29 is 0 Å².